The van der Waals surface area contributed by atoms with Crippen molar-refractivity contribution < 1.29 is 26.4 Å². The van der Waals surface area contributed by atoms with Gasteiger partial charge in [-0.3, -0.25) is 4.79 Å². The van der Waals surface area contributed by atoms with Crippen LogP contribution >= 0.6 is 0 Å². The molecule has 32 heavy (non-hydrogen) atoms. The van der Waals surface area contributed by atoms with E-state index in [1.54, 1.807) is 38.1 Å². The van der Waals surface area contributed by atoms with Crippen molar-refractivity contribution in [2.75, 3.05) is 38.3 Å². The molecule has 176 valence electrons. The summed E-state index contributed by atoms with van der Waals surface area (Å²) in [6, 6.07) is 12.7. The van der Waals surface area contributed by atoms with Crippen molar-refractivity contribution >= 4 is 31.6 Å². The van der Waals surface area contributed by atoms with Gasteiger partial charge in [-0.1, -0.05) is 26.0 Å². The van der Waals surface area contributed by atoms with Gasteiger partial charge in [-0.05, 0) is 42.0 Å². The summed E-state index contributed by atoms with van der Waals surface area (Å²) in [5.74, 6) is 0.0665. The van der Waals surface area contributed by atoms with Gasteiger partial charge >= 0.3 is 0 Å². The fourth-order valence-corrected chi connectivity index (χ4v) is 4.68. The number of hydrogen-bond donors (Lipinski definition) is 1. The molecule has 0 saturated heterocycles. The molecule has 9 nitrogen and oxygen atoms in total. The minimum atomic E-state index is -3.55. The molecular weight excluding hydrogens is 454 g/mol. The second-order valence-corrected chi connectivity index (χ2v) is 11.1. The molecule has 0 spiro atoms. The lowest BCUT2D eigenvalue weighted by atomic mass is 10.2. The molecule has 0 aliphatic heterocycles. The lowest BCUT2D eigenvalue weighted by Crippen LogP contribution is -2.30. The Bertz CT molecular complexity index is 1110. The Kier molecular flexibility index (Phi) is 8.79. The maximum atomic E-state index is 12.5. The highest BCUT2D eigenvalue weighted by molar-refractivity contribution is 7.89. The van der Waals surface area contributed by atoms with Crippen LogP contribution in [-0.2, 0) is 31.4 Å². The standard InChI is InChI=1S/C21H29N3O6S2/c1-5-24(6-2)32(28,29)20-13-9-18(10-14-20)22-21(25)16-30-19-11-7-17(8-12-19)15-23(3)31(4,26)27/h7-14H,5-6,15-16H2,1-4H3,(H,22,25). The van der Waals surface area contributed by atoms with E-state index in [0.29, 0.717) is 24.5 Å². The van der Waals surface area contributed by atoms with E-state index in [1.807, 2.05) is 0 Å². The molecule has 0 aromatic heterocycles. The van der Waals surface area contributed by atoms with Crippen LogP contribution in [0.2, 0.25) is 0 Å². The summed E-state index contributed by atoms with van der Waals surface area (Å²) in [6.07, 6.45) is 1.14. The molecule has 0 aliphatic rings. The van der Waals surface area contributed by atoms with Crippen LogP contribution in [0.15, 0.2) is 53.4 Å². The molecule has 2 aromatic carbocycles. The van der Waals surface area contributed by atoms with Crippen LogP contribution < -0.4 is 10.1 Å². The molecule has 0 aliphatic carbocycles. The summed E-state index contributed by atoms with van der Waals surface area (Å²) in [6.45, 7) is 4.31. The summed E-state index contributed by atoms with van der Waals surface area (Å²) in [7, 11) is -5.32. The zero-order valence-corrected chi connectivity index (χ0v) is 20.2. The van der Waals surface area contributed by atoms with E-state index in [1.165, 1.54) is 39.9 Å². The normalized spacial score (nSPS) is 12.2. The van der Waals surface area contributed by atoms with Gasteiger partial charge in [-0.2, -0.15) is 4.31 Å². The fourth-order valence-electron chi connectivity index (χ4n) is 2.83. The molecule has 0 bridgehead atoms. The molecule has 2 rings (SSSR count). The lowest BCUT2D eigenvalue weighted by molar-refractivity contribution is -0.118. The second-order valence-electron chi connectivity index (χ2n) is 7.11. The van der Waals surface area contributed by atoms with Crippen molar-refractivity contribution in [3.8, 4) is 5.75 Å². The van der Waals surface area contributed by atoms with Gasteiger partial charge in [-0.25, -0.2) is 21.1 Å². The van der Waals surface area contributed by atoms with Crippen molar-refractivity contribution in [1.82, 2.24) is 8.61 Å². The molecule has 0 fully saturated rings. The Hall–Kier alpha value is -2.47. The summed E-state index contributed by atoms with van der Waals surface area (Å²) in [5, 5.41) is 2.66. The predicted molar refractivity (Wildman–Crippen MR) is 123 cm³/mol. The van der Waals surface area contributed by atoms with Gasteiger partial charge < -0.3 is 10.1 Å². The highest BCUT2D eigenvalue weighted by Crippen LogP contribution is 2.19. The van der Waals surface area contributed by atoms with E-state index >= 15 is 0 Å². The van der Waals surface area contributed by atoms with E-state index in [0.717, 1.165) is 11.8 Å². The SMILES string of the molecule is CCN(CC)S(=O)(=O)c1ccc(NC(=O)COc2ccc(CN(C)S(C)(=O)=O)cc2)cc1. The molecule has 0 atom stereocenters. The molecule has 0 unspecified atom stereocenters. The number of benzene rings is 2. The quantitative estimate of drug-likeness (QED) is 0.524. The van der Waals surface area contributed by atoms with Gasteiger partial charge in [0.1, 0.15) is 5.75 Å². The number of anilines is 1. The van der Waals surface area contributed by atoms with Gasteiger partial charge in [0.05, 0.1) is 11.2 Å². The largest absolute Gasteiger partial charge is 0.484 e. The number of hydrogen-bond acceptors (Lipinski definition) is 6. The van der Waals surface area contributed by atoms with E-state index in [2.05, 4.69) is 5.32 Å². The number of ether oxygens (including phenoxy) is 1. The summed E-state index contributed by atoms with van der Waals surface area (Å²) < 4.78 is 56.0. The number of carbonyl (C=O) groups excluding carboxylic acids is 1. The highest BCUT2D eigenvalue weighted by Gasteiger charge is 2.21. The number of carbonyl (C=O) groups is 1. The van der Waals surface area contributed by atoms with Gasteiger partial charge in [-0.15, -0.1) is 0 Å². The Labute approximate surface area is 190 Å². The van der Waals surface area contributed by atoms with Crippen LogP contribution in [0.1, 0.15) is 19.4 Å². The van der Waals surface area contributed by atoms with Crippen molar-refractivity contribution in [2.24, 2.45) is 0 Å². The Morgan fingerprint density at radius 1 is 0.938 bits per heavy atom. The molecule has 1 N–H and O–H groups in total. The van der Waals surface area contributed by atoms with Crippen molar-refractivity contribution in [3.05, 3.63) is 54.1 Å². The first-order valence-corrected chi connectivity index (χ1v) is 13.3. The monoisotopic (exact) mass is 483 g/mol. The van der Waals surface area contributed by atoms with Crippen LogP contribution in [0.4, 0.5) is 5.69 Å². The van der Waals surface area contributed by atoms with Crippen LogP contribution in [-0.4, -0.2) is 64.4 Å². The first kappa shape index (κ1) is 25.8. The first-order chi connectivity index (χ1) is 15.0. The van der Waals surface area contributed by atoms with Crippen molar-refractivity contribution in [1.29, 1.82) is 0 Å². The zero-order chi connectivity index (χ0) is 23.9. The van der Waals surface area contributed by atoms with Crippen LogP contribution in [0.25, 0.3) is 0 Å². The van der Waals surface area contributed by atoms with Gasteiger partial charge in [0.25, 0.3) is 5.91 Å². The maximum Gasteiger partial charge on any atom is 0.262 e. The molecule has 11 heteroatoms. The third-order valence-electron chi connectivity index (χ3n) is 4.75. The lowest BCUT2D eigenvalue weighted by Gasteiger charge is -2.18. The average Bonchev–Trinajstić information content (AvgIpc) is 2.73. The molecule has 0 radical (unpaired) electrons. The number of rotatable bonds is 11. The first-order valence-electron chi connectivity index (χ1n) is 10.0. The zero-order valence-electron chi connectivity index (χ0n) is 18.6. The van der Waals surface area contributed by atoms with Crippen LogP contribution in [0.3, 0.4) is 0 Å². The van der Waals surface area contributed by atoms with Gasteiger partial charge in [0.15, 0.2) is 6.61 Å². The minimum Gasteiger partial charge on any atom is -0.484 e. The Morgan fingerprint density at radius 3 is 2.00 bits per heavy atom. The number of amides is 1. The number of sulfonamides is 2. The van der Waals surface area contributed by atoms with Gasteiger partial charge in [0, 0.05) is 32.4 Å². The second kappa shape index (κ2) is 10.9. The topological polar surface area (TPSA) is 113 Å². The van der Waals surface area contributed by atoms with E-state index < -0.39 is 26.0 Å². The molecule has 0 heterocycles. The Balaban J connectivity index is 1.90. The summed E-state index contributed by atoms with van der Waals surface area (Å²) in [4.78, 5) is 12.3. The minimum absolute atomic E-state index is 0.164. The highest BCUT2D eigenvalue weighted by atomic mass is 32.2. The van der Waals surface area contributed by atoms with Crippen LogP contribution in [0, 0.1) is 0 Å². The Morgan fingerprint density at radius 2 is 1.50 bits per heavy atom. The average molecular weight is 484 g/mol. The van der Waals surface area contributed by atoms with Gasteiger partial charge in [0.2, 0.25) is 20.0 Å². The van der Waals surface area contributed by atoms with E-state index in [4.69, 9.17) is 4.74 Å². The van der Waals surface area contributed by atoms with Crippen LogP contribution in [0.5, 0.6) is 5.75 Å². The number of nitrogens with zero attached hydrogens (tertiary/aromatic N) is 2. The molecule has 0 saturated carbocycles. The molecule has 2 aromatic rings. The van der Waals surface area contributed by atoms with E-state index in [-0.39, 0.29) is 18.0 Å². The predicted octanol–water partition coefficient (Wildman–Crippen LogP) is 2.13. The summed E-state index contributed by atoms with van der Waals surface area (Å²) in [5.41, 5.74) is 1.24. The summed E-state index contributed by atoms with van der Waals surface area (Å²) >= 11 is 0. The van der Waals surface area contributed by atoms with Crippen molar-refractivity contribution in [3.63, 3.8) is 0 Å². The third kappa shape index (κ3) is 7.02. The maximum absolute atomic E-state index is 12.5. The smallest absolute Gasteiger partial charge is 0.262 e. The fraction of sp³-hybridized carbons (Fsp3) is 0.381. The third-order valence-corrected chi connectivity index (χ3v) is 8.07. The molecule has 1 amide bonds. The van der Waals surface area contributed by atoms with Crippen molar-refractivity contribution in [2.45, 2.75) is 25.3 Å². The van der Waals surface area contributed by atoms with E-state index in [9.17, 15) is 21.6 Å². The number of nitrogens with one attached hydrogen (secondary N) is 1. The molecular formula is C21H29N3O6S2.